The van der Waals surface area contributed by atoms with E-state index in [1.54, 1.807) is 12.4 Å². The number of nitrogens with zero attached hydrogens (tertiary/aromatic N) is 6. The second-order valence-electron chi connectivity index (χ2n) is 6.26. The molecule has 0 atom stereocenters. The van der Waals surface area contributed by atoms with E-state index in [2.05, 4.69) is 31.4 Å². The third-order valence-electron chi connectivity index (χ3n) is 4.45. The van der Waals surface area contributed by atoms with E-state index in [4.69, 9.17) is 4.42 Å². The summed E-state index contributed by atoms with van der Waals surface area (Å²) in [6.45, 7) is 3.01. The Labute approximate surface area is 140 Å². The Balaban J connectivity index is 1.37. The van der Waals surface area contributed by atoms with Gasteiger partial charge in [-0.2, -0.15) is 5.10 Å². The van der Waals surface area contributed by atoms with Crippen molar-refractivity contribution >= 4 is 0 Å². The molecule has 0 radical (unpaired) electrons. The molecule has 1 fully saturated rings. The normalized spacial score (nSPS) is 16.5. The first-order valence-electron chi connectivity index (χ1n) is 8.21. The number of piperidine rings is 1. The molecule has 0 aromatic carbocycles. The predicted octanol–water partition coefficient (Wildman–Crippen LogP) is 2.24. The summed E-state index contributed by atoms with van der Waals surface area (Å²) in [5.74, 6) is 1.64. The van der Waals surface area contributed by atoms with Crippen LogP contribution in [0.2, 0.25) is 0 Å². The molecule has 0 aliphatic carbocycles. The molecule has 1 aliphatic rings. The highest BCUT2D eigenvalue weighted by molar-refractivity contribution is 5.49. The highest BCUT2D eigenvalue weighted by Gasteiger charge is 2.25. The summed E-state index contributed by atoms with van der Waals surface area (Å²) in [6, 6.07) is 3.80. The van der Waals surface area contributed by atoms with Gasteiger partial charge in [-0.15, -0.1) is 10.2 Å². The van der Waals surface area contributed by atoms with Crippen molar-refractivity contribution in [2.75, 3.05) is 13.1 Å². The fraction of sp³-hybridized carbons (Fsp3) is 0.412. The Hall–Kier alpha value is -2.54. The number of hydrogen-bond donors (Lipinski definition) is 0. The van der Waals surface area contributed by atoms with Gasteiger partial charge < -0.3 is 4.42 Å². The Morgan fingerprint density at radius 3 is 2.79 bits per heavy atom. The van der Waals surface area contributed by atoms with Crippen molar-refractivity contribution in [3.05, 3.63) is 48.4 Å². The van der Waals surface area contributed by atoms with Crippen LogP contribution in [-0.2, 0) is 13.6 Å². The van der Waals surface area contributed by atoms with E-state index < -0.39 is 0 Å². The standard InChI is InChI=1S/C17H20N6O/c1-22-11-13(9-19-22)12-23-7-4-14(5-8-23)16-20-21-17(24-16)15-3-2-6-18-10-15/h2-3,6,9-11,14H,4-5,7-8,12H2,1H3. The lowest BCUT2D eigenvalue weighted by molar-refractivity contribution is 0.193. The third-order valence-corrected chi connectivity index (χ3v) is 4.45. The number of hydrogen-bond acceptors (Lipinski definition) is 6. The fourth-order valence-electron chi connectivity index (χ4n) is 3.16. The summed E-state index contributed by atoms with van der Waals surface area (Å²) in [4.78, 5) is 6.54. The average molecular weight is 324 g/mol. The van der Waals surface area contributed by atoms with Crippen LogP contribution in [0.25, 0.3) is 11.5 Å². The van der Waals surface area contributed by atoms with E-state index >= 15 is 0 Å². The molecular weight excluding hydrogens is 304 g/mol. The van der Waals surface area contributed by atoms with Crippen LogP contribution in [-0.4, -0.2) is 43.0 Å². The zero-order valence-corrected chi connectivity index (χ0v) is 13.7. The van der Waals surface area contributed by atoms with Gasteiger partial charge in [-0.3, -0.25) is 14.6 Å². The third kappa shape index (κ3) is 3.21. The van der Waals surface area contributed by atoms with Gasteiger partial charge in [-0.1, -0.05) is 0 Å². The van der Waals surface area contributed by atoms with Gasteiger partial charge in [0.1, 0.15) is 0 Å². The largest absolute Gasteiger partial charge is 0.420 e. The smallest absolute Gasteiger partial charge is 0.249 e. The number of aromatic nitrogens is 5. The summed E-state index contributed by atoms with van der Waals surface area (Å²) in [7, 11) is 1.95. The summed E-state index contributed by atoms with van der Waals surface area (Å²) >= 11 is 0. The second kappa shape index (κ2) is 6.52. The quantitative estimate of drug-likeness (QED) is 0.733. The van der Waals surface area contributed by atoms with Crippen molar-refractivity contribution in [3.8, 4) is 11.5 Å². The molecule has 0 spiro atoms. The molecule has 3 aromatic rings. The zero-order valence-electron chi connectivity index (χ0n) is 13.7. The number of likely N-dealkylation sites (tertiary alicyclic amines) is 1. The summed E-state index contributed by atoms with van der Waals surface area (Å²) in [5.41, 5.74) is 2.12. The summed E-state index contributed by atoms with van der Waals surface area (Å²) < 4.78 is 7.72. The minimum absolute atomic E-state index is 0.341. The van der Waals surface area contributed by atoms with E-state index in [9.17, 15) is 0 Å². The topological polar surface area (TPSA) is 72.9 Å². The van der Waals surface area contributed by atoms with Crippen molar-refractivity contribution in [2.45, 2.75) is 25.3 Å². The minimum atomic E-state index is 0.341. The molecular formula is C17H20N6O. The molecule has 0 amide bonds. The van der Waals surface area contributed by atoms with Crippen LogP contribution in [0.3, 0.4) is 0 Å². The maximum Gasteiger partial charge on any atom is 0.249 e. The van der Waals surface area contributed by atoms with Gasteiger partial charge in [0.25, 0.3) is 0 Å². The molecule has 0 unspecified atom stereocenters. The number of rotatable bonds is 4. The molecule has 3 aromatic heterocycles. The summed E-state index contributed by atoms with van der Waals surface area (Å²) in [6.07, 6.45) is 9.56. The molecule has 0 bridgehead atoms. The molecule has 7 heteroatoms. The van der Waals surface area contributed by atoms with Gasteiger partial charge in [-0.25, -0.2) is 0 Å². The number of aryl methyl sites for hydroxylation is 1. The monoisotopic (exact) mass is 324 g/mol. The average Bonchev–Trinajstić information content (AvgIpc) is 3.26. The molecule has 4 rings (SSSR count). The lowest BCUT2D eigenvalue weighted by Gasteiger charge is -2.29. The van der Waals surface area contributed by atoms with Crippen molar-refractivity contribution in [3.63, 3.8) is 0 Å². The Bertz CT molecular complexity index is 788. The Kier molecular flexibility index (Phi) is 4.08. The molecule has 24 heavy (non-hydrogen) atoms. The van der Waals surface area contributed by atoms with E-state index in [0.717, 1.165) is 43.9 Å². The highest BCUT2D eigenvalue weighted by atomic mass is 16.4. The highest BCUT2D eigenvalue weighted by Crippen LogP contribution is 2.29. The van der Waals surface area contributed by atoms with E-state index in [1.165, 1.54) is 5.56 Å². The van der Waals surface area contributed by atoms with Crippen molar-refractivity contribution in [1.82, 2.24) is 29.9 Å². The Morgan fingerprint density at radius 1 is 1.21 bits per heavy atom. The van der Waals surface area contributed by atoms with Crippen LogP contribution < -0.4 is 0 Å². The molecule has 4 heterocycles. The molecule has 0 N–H and O–H groups in total. The van der Waals surface area contributed by atoms with Crippen LogP contribution in [0.1, 0.15) is 30.2 Å². The second-order valence-corrected chi connectivity index (χ2v) is 6.26. The van der Waals surface area contributed by atoms with Gasteiger partial charge in [0.05, 0.1) is 11.8 Å². The minimum Gasteiger partial charge on any atom is -0.420 e. The van der Waals surface area contributed by atoms with Crippen molar-refractivity contribution in [2.24, 2.45) is 7.05 Å². The van der Waals surface area contributed by atoms with Crippen LogP contribution in [0, 0.1) is 0 Å². The summed E-state index contributed by atoms with van der Waals surface area (Å²) in [5, 5.41) is 12.7. The van der Waals surface area contributed by atoms with E-state index in [0.29, 0.717) is 11.8 Å². The van der Waals surface area contributed by atoms with Crippen molar-refractivity contribution < 1.29 is 4.42 Å². The van der Waals surface area contributed by atoms with Gasteiger partial charge in [0.15, 0.2) is 0 Å². The zero-order chi connectivity index (χ0) is 16.4. The van der Waals surface area contributed by atoms with E-state index in [-0.39, 0.29) is 0 Å². The first-order chi connectivity index (χ1) is 11.8. The van der Waals surface area contributed by atoms with Gasteiger partial charge >= 0.3 is 0 Å². The molecule has 1 aliphatic heterocycles. The van der Waals surface area contributed by atoms with Crippen molar-refractivity contribution in [1.29, 1.82) is 0 Å². The fourth-order valence-corrected chi connectivity index (χ4v) is 3.16. The molecule has 1 saturated heterocycles. The van der Waals surface area contributed by atoms with Crippen LogP contribution in [0.4, 0.5) is 0 Å². The SMILES string of the molecule is Cn1cc(CN2CCC(c3nnc(-c4cccnc4)o3)CC2)cn1. The molecule has 0 saturated carbocycles. The first-order valence-corrected chi connectivity index (χ1v) is 8.21. The Morgan fingerprint density at radius 2 is 2.08 bits per heavy atom. The predicted molar refractivity (Wildman–Crippen MR) is 88.0 cm³/mol. The molecule has 124 valence electrons. The van der Waals surface area contributed by atoms with Gasteiger partial charge in [0, 0.05) is 43.7 Å². The van der Waals surface area contributed by atoms with E-state index in [1.807, 2.05) is 30.1 Å². The first kappa shape index (κ1) is 15.0. The van der Waals surface area contributed by atoms with Gasteiger partial charge in [0.2, 0.25) is 11.8 Å². The maximum absolute atomic E-state index is 5.87. The van der Waals surface area contributed by atoms with Crippen LogP contribution in [0.5, 0.6) is 0 Å². The van der Waals surface area contributed by atoms with Crippen LogP contribution in [0.15, 0.2) is 41.3 Å². The lowest BCUT2D eigenvalue weighted by Crippen LogP contribution is -2.32. The van der Waals surface area contributed by atoms with Gasteiger partial charge in [-0.05, 0) is 38.1 Å². The maximum atomic E-state index is 5.87. The molecule has 7 nitrogen and oxygen atoms in total. The number of pyridine rings is 1. The van der Waals surface area contributed by atoms with Crippen LogP contribution >= 0.6 is 0 Å². The lowest BCUT2D eigenvalue weighted by atomic mass is 9.96.